The van der Waals surface area contributed by atoms with Crippen LogP contribution >= 0.6 is 11.6 Å². The summed E-state index contributed by atoms with van der Waals surface area (Å²) in [5, 5.41) is 8.96. The summed E-state index contributed by atoms with van der Waals surface area (Å²) in [7, 11) is -7.69. The van der Waals surface area contributed by atoms with Crippen LogP contribution in [-0.4, -0.2) is 33.8 Å². The summed E-state index contributed by atoms with van der Waals surface area (Å²) in [6.07, 6.45) is 2.75. The van der Waals surface area contributed by atoms with E-state index >= 15 is 0 Å². The smallest absolute Gasteiger partial charge is 0.276 e. The van der Waals surface area contributed by atoms with Gasteiger partial charge in [0.1, 0.15) is 5.15 Å². The van der Waals surface area contributed by atoms with Crippen molar-refractivity contribution in [3.63, 3.8) is 0 Å². The van der Waals surface area contributed by atoms with E-state index in [4.69, 9.17) is 11.6 Å². The molecule has 3 aromatic carbocycles. The first-order chi connectivity index (χ1) is 18.0. The summed E-state index contributed by atoms with van der Waals surface area (Å²) in [4.78, 5) is 4.64. The number of nitrogens with zero attached hydrogens (tertiary/aromatic N) is 3. The Hall–Kier alpha value is -3.67. The van der Waals surface area contributed by atoms with Gasteiger partial charge in [0.2, 0.25) is 0 Å². The van der Waals surface area contributed by atoms with Crippen molar-refractivity contribution in [3.8, 4) is 0 Å². The van der Waals surface area contributed by atoms with E-state index in [2.05, 4.69) is 19.9 Å². The van der Waals surface area contributed by atoms with E-state index in [-0.39, 0.29) is 9.79 Å². The molecule has 12 heteroatoms. The van der Waals surface area contributed by atoms with E-state index in [1.165, 1.54) is 36.7 Å². The van der Waals surface area contributed by atoms with Crippen LogP contribution < -0.4 is 9.66 Å². The van der Waals surface area contributed by atoms with Crippen molar-refractivity contribution in [2.45, 2.75) is 37.1 Å². The van der Waals surface area contributed by atoms with Crippen molar-refractivity contribution in [3.05, 3.63) is 94.1 Å². The van der Waals surface area contributed by atoms with Gasteiger partial charge in [0.15, 0.2) is 0 Å². The van der Waals surface area contributed by atoms with E-state index in [1.54, 1.807) is 36.4 Å². The van der Waals surface area contributed by atoms with E-state index in [1.807, 2.05) is 31.4 Å². The van der Waals surface area contributed by atoms with Crippen molar-refractivity contribution in [2.75, 3.05) is 0 Å². The van der Waals surface area contributed by atoms with Gasteiger partial charge in [-0.15, -0.1) is 0 Å². The van der Waals surface area contributed by atoms with Gasteiger partial charge in [-0.1, -0.05) is 65.2 Å². The Bertz CT molecular complexity index is 1740. The van der Waals surface area contributed by atoms with Crippen LogP contribution in [0.15, 0.2) is 86.7 Å². The molecular formula is C26H26ClN5O4S2. The van der Waals surface area contributed by atoms with Crippen LogP contribution in [-0.2, 0) is 26.6 Å². The molecule has 0 atom stereocenters. The number of nitrogens with one attached hydrogen (secondary N) is 2. The SMILES string of the molecule is CCn1c(Cl)c(/C=N/NS(=O)(=O)c2ccc(C)cc2)c2cccc(/C=N\NS(=O)(=O)c3ccc(C)cc3)c21. The number of hydrogen-bond acceptors (Lipinski definition) is 6. The van der Waals surface area contributed by atoms with Crippen molar-refractivity contribution < 1.29 is 16.8 Å². The molecule has 0 saturated heterocycles. The summed E-state index contributed by atoms with van der Waals surface area (Å²) in [6, 6.07) is 18.2. The molecule has 0 fully saturated rings. The topological polar surface area (TPSA) is 122 Å². The molecule has 4 rings (SSSR count). The zero-order valence-corrected chi connectivity index (χ0v) is 23.3. The highest BCUT2D eigenvalue weighted by atomic mass is 35.5. The first-order valence-corrected chi connectivity index (χ1v) is 14.9. The number of benzene rings is 3. The lowest BCUT2D eigenvalue weighted by Crippen LogP contribution is -2.18. The Morgan fingerprint density at radius 3 is 1.79 bits per heavy atom. The van der Waals surface area contributed by atoms with Crippen LogP contribution in [0.25, 0.3) is 10.9 Å². The fourth-order valence-electron chi connectivity index (χ4n) is 3.82. The Morgan fingerprint density at radius 2 is 1.29 bits per heavy atom. The number of aryl methyl sites for hydroxylation is 3. The minimum atomic E-state index is -3.86. The third-order valence-electron chi connectivity index (χ3n) is 5.81. The molecule has 2 N–H and O–H groups in total. The maximum absolute atomic E-state index is 12.6. The van der Waals surface area contributed by atoms with Crippen LogP contribution in [0.3, 0.4) is 0 Å². The Morgan fingerprint density at radius 1 is 0.789 bits per heavy atom. The van der Waals surface area contributed by atoms with Crippen molar-refractivity contribution >= 4 is 55.0 Å². The van der Waals surface area contributed by atoms with Gasteiger partial charge in [-0.25, -0.2) is 9.66 Å². The fourth-order valence-corrected chi connectivity index (χ4v) is 5.76. The highest BCUT2D eigenvalue weighted by Gasteiger charge is 2.17. The van der Waals surface area contributed by atoms with Crippen LogP contribution in [0.5, 0.6) is 0 Å². The maximum atomic E-state index is 12.6. The number of hydrogen-bond donors (Lipinski definition) is 2. The maximum Gasteiger partial charge on any atom is 0.276 e. The number of fused-ring (bicyclic) bond motifs is 1. The molecule has 0 radical (unpaired) electrons. The quantitative estimate of drug-likeness (QED) is 0.226. The van der Waals surface area contributed by atoms with E-state index < -0.39 is 20.0 Å². The summed E-state index contributed by atoms with van der Waals surface area (Å²) < 4.78 is 52.1. The van der Waals surface area contributed by atoms with Crippen molar-refractivity contribution in [1.29, 1.82) is 0 Å². The number of halogens is 1. The standard InChI is InChI=1S/C26H26ClN5O4S2/c1-4-32-25-20(16-28-30-37(33,34)21-12-8-18(2)9-13-21)6-5-7-23(25)24(26(32)27)17-29-31-38(35,36)22-14-10-19(3)11-15-22/h5-17,30-31H,4H2,1-3H3/b28-16-,29-17+. The largest absolute Gasteiger partial charge is 0.331 e. The van der Waals surface area contributed by atoms with Gasteiger partial charge in [0, 0.05) is 23.1 Å². The van der Waals surface area contributed by atoms with E-state index in [0.717, 1.165) is 11.1 Å². The van der Waals surface area contributed by atoms with Gasteiger partial charge in [-0.2, -0.15) is 27.0 Å². The number of aromatic nitrogens is 1. The highest BCUT2D eigenvalue weighted by Crippen LogP contribution is 2.31. The lowest BCUT2D eigenvalue weighted by Gasteiger charge is -2.06. The number of rotatable bonds is 9. The number of hydrazone groups is 2. The zero-order valence-electron chi connectivity index (χ0n) is 20.9. The molecular weight excluding hydrogens is 546 g/mol. The highest BCUT2D eigenvalue weighted by molar-refractivity contribution is 7.89. The first-order valence-electron chi connectivity index (χ1n) is 11.6. The molecule has 0 bridgehead atoms. The third kappa shape index (κ3) is 5.74. The summed E-state index contributed by atoms with van der Waals surface area (Å²) >= 11 is 6.65. The van der Waals surface area contributed by atoms with Crippen LogP contribution in [0.1, 0.15) is 29.2 Å². The van der Waals surface area contributed by atoms with Crippen molar-refractivity contribution in [2.24, 2.45) is 10.2 Å². The molecule has 1 heterocycles. The summed E-state index contributed by atoms with van der Waals surface area (Å²) in [6.45, 7) is 6.14. The lowest BCUT2D eigenvalue weighted by atomic mass is 10.1. The van der Waals surface area contributed by atoms with Gasteiger partial charge in [0.05, 0.1) is 27.7 Å². The predicted octanol–water partition coefficient (Wildman–Crippen LogP) is 4.56. The second-order valence-electron chi connectivity index (χ2n) is 8.52. The Labute approximate surface area is 226 Å². The monoisotopic (exact) mass is 571 g/mol. The van der Waals surface area contributed by atoms with E-state index in [9.17, 15) is 16.8 Å². The van der Waals surface area contributed by atoms with Crippen LogP contribution in [0.2, 0.25) is 5.15 Å². The first kappa shape index (κ1) is 27.4. The van der Waals surface area contributed by atoms with Gasteiger partial charge in [-0.3, -0.25) is 0 Å². The lowest BCUT2D eigenvalue weighted by molar-refractivity contribution is 0.583. The second kappa shape index (κ2) is 11.0. The molecule has 0 spiro atoms. The van der Waals surface area contributed by atoms with Crippen LogP contribution in [0, 0.1) is 13.8 Å². The normalized spacial score (nSPS) is 12.5. The molecule has 198 valence electrons. The molecule has 1 aromatic heterocycles. The molecule has 0 saturated carbocycles. The summed E-state index contributed by atoms with van der Waals surface area (Å²) in [5.41, 5.74) is 3.69. The summed E-state index contributed by atoms with van der Waals surface area (Å²) in [5.74, 6) is 0. The second-order valence-corrected chi connectivity index (χ2v) is 12.2. The average molecular weight is 572 g/mol. The van der Waals surface area contributed by atoms with Gasteiger partial charge in [0.25, 0.3) is 20.0 Å². The van der Waals surface area contributed by atoms with Crippen molar-refractivity contribution in [1.82, 2.24) is 14.2 Å². The molecule has 0 aliphatic rings. The predicted molar refractivity (Wildman–Crippen MR) is 151 cm³/mol. The fraction of sp³-hybridized carbons (Fsp3) is 0.154. The molecule has 0 aliphatic heterocycles. The molecule has 9 nitrogen and oxygen atoms in total. The average Bonchev–Trinajstić information content (AvgIpc) is 3.15. The number of sulfonamides is 2. The minimum absolute atomic E-state index is 0.0916. The molecule has 4 aromatic rings. The molecule has 38 heavy (non-hydrogen) atoms. The zero-order chi connectivity index (χ0) is 27.5. The third-order valence-corrected chi connectivity index (χ3v) is 8.69. The number of para-hydroxylation sites is 1. The molecule has 0 aliphatic carbocycles. The Kier molecular flexibility index (Phi) is 7.91. The molecule has 0 amide bonds. The van der Waals surface area contributed by atoms with Gasteiger partial charge >= 0.3 is 0 Å². The Balaban J connectivity index is 1.63. The molecule has 0 unspecified atom stereocenters. The van der Waals surface area contributed by atoms with Gasteiger partial charge in [-0.05, 0) is 45.0 Å². The van der Waals surface area contributed by atoms with Crippen LogP contribution in [0.4, 0.5) is 0 Å². The van der Waals surface area contributed by atoms with E-state index in [0.29, 0.717) is 33.7 Å². The minimum Gasteiger partial charge on any atom is -0.331 e. The van der Waals surface area contributed by atoms with Gasteiger partial charge < -0.3 is 4.57 Å².